The van der Waals surface area contributed by atoms with Gasteiger partial charge >= 0.3 is 74.6 Å². The summed E-state index contributed by atoms with van der Waals surface area (Å²) in [5.74, 6) is 0. The normalized spacial score (nSPS) is 9.60. The third-order valence-electron chi connectivity index (χ3n) is 3.83. The standard InChI is InChI=1S/4C2H5.2Zn/c4*1-2;;/h4*1H2,2H3;;. The fourth-order valence-corrected chi connectivity index (χ4v) is 57.7. The van der Waals surface area contributed by atoms with E-state index in [9.17, 15) is 0 Å². The Morgan fingerprint density at radius 2 is 0.800 bits per heavy atom. The van der Waals surface area contributed by atoms with E-state index in [1.54, 1.807) is 20.1 Å². The van der Waals surface area contributed by atoms with Gasteiger partial charge in [-0.3, -0.25) is 0 Å². The summed E-state index contributed by atoms with van der Waals surface area (Å²) >= 11 is -1.49. The Labute approximate surface area is 74.4 Å². The molecule has 0 aliphatic rings. The van der Waals surface area contributed by atoms with E-state index in [-0.39, 0.29) is 0 Å². The molecule has 0 bridgehead atoms. The molecule has 0 rings (SSSR count). The Morgan fingerprint density at radius 3 is 0.900 bits per heavy atom. The first-order valence-electron chi connectivity index (χ1n) is 5.33. The van der Waals surface area contributed by atoms with Crippen LogP contribution in [0.1, 0.15) is 27.7 Å². The first-order valence-corrected chi connectivity index (χ1v) is 26.7. The van der Waals surface area contributed by atoms with Crippen LogP contribution in [-0.2, 0) is 26.9 Å². The fourth-order valence-electron chi connectivity index (χ4n) is 2.71. The average molecular weight is 247 g/mol. The second-order valence-corrected chi connectivity index (χ2v) is 52.3. The summed E-state index contributed by atoms with van der Waals surface area (Å²) in [6.07, 6.45) is 0. The van der Waals surface area contributed by atoms with Gasteiger partial charge in [-0.2, -0.15) is 0 Å². The second-order valence-electron chi connectivity index (χ2n) is 4.12. The summed E-state index contributed by atoms with van der Waals surface area (Å²) in [6.45, 7) is 9.83. The summed E-state index contributed by atoms with van der Waals surface area (Å²) in [5, 5.41) is 6.66. The van der Waals surface area contributed by atoms with Gasteiger partial charge in [0.15, 0.2) is 0 Å². The van der Waals surface area contributed by atoms with Gasteiger partial charge in [-0.05, 0) is 0 Å². The van der Waals surface area contributed by atoms with Gasteiger partial charge in [0, 0.05) is 0 Å². The molecule has 0 N–H and O–H groups in total. The summed E-state index contributed by atoms with van der Waals surface area (Å²) in [4.78, 5) is 0. The van der Waals surface area contributed by atoms with Gasteiger partial charge in [0.1, 0.15) is 0 Å². The molecule has 2 heteroatoms. The molecule has 0 atom stereocenters. The van der Waals surface area contributed by atoms with Crippen molar-refractivity contribution >= 4 is 0 Å². The van der Waals surface area contributed by atoms with Crippen molar-refractivity contribution in [3.8, 4) is 0 Å². The van der Waals surface area contributed by atoms with Crippen molar-refractivity contribution in [1.29, 1.82) is 0 Å². The summed E-state index contributed by atoms with van der Waals surface area (Å²) < 4.78 is 0. The zero-order chi connectivity index (χ0) is 7.98. The molecule has 0 aromatic heterocycles. The van der Waals surface area contributed by atoms with Crippen molar-refractivity contribution in [2.75, 3.05) is 0 Å². The third-order valence-corrected chi connectivity index (χ3v) is 72.5. The van der Waals surface area contributed by atoms with E-state index in [1.165, 1.54) is 0 Å². The van der Waals surface area contributed by atoms with Crippen LogP contribution in [0.5, 0.6) is 0 Å². The summed E-state index contributed by atoms with van der Waals surface area (Å²) in [6, 6.07) is 0. The van der Waals surface area contributed by atoms with Crippen LogP contribution in [0.2, 0.25) is 20.1 Å². The van der Waals surface area contributed by atoms with E-state index in [0.29, 0.717) is 0 Å². The molecule has 0 radical (unpaired) electrons. The van der Waals surface area contributed by atoms with Gasteiger partial charge in [-0.15, -0.1) is 0 Å². The van der Waals surface area contributed by atoms with Gasteiger partial charge in [0.2, 0.25) is 0 Å². The molecule has 0 aromatic carbocycles. The molecule has 0 spiro atoms. The zero-order valence-corrected chi connectivity index (χ0v) is 14.2. The average Bonchev–Trinajstić information content (AvgIpc) is 2.00. The molecule has 0 aliphatic carbocycles. The maximum atomic E-state index is 2.46. The first kappa shape index (κ1) is 11.2. The topological polar surface area (TPSA) is 0 Å². The van der Waals surface area contributed by atoms with Gasteiger partial charge in [0.05, 0.1) is 0 Å². The molecule has 0 fully saturated rings. The van der Waals surface area contributed by atoms with Crippen molar-refractivity contribution in [3.05, 3.63) is 0 Å². The summed E-state index contributed by atoms with van der Waals surface area (Å²) in [5.41, 5.74) is 0. The molecule has 0 unspecified atom stereocenters. The monoisotopic (exact) mass is 244 g/mol. The van der Waals surface area contributed by atoms with Crippen LogP contribution in [0.15, 0.2) is 0 Å². The van der Waals surface area contributed by atoms with Gasteiger partial charge in [0.25, 0.3) is 0 Å². The number of hydrogen-bond donors (Lipinski definition) is 0. The van der Waals surface area contributed by atoms with Gasteiger partial charge < -0.3 is 0 Å². The van der Waals surface area contributed by atoms with Crippen LogP contribution in [0.25, 0.3) is 0 Å². The SMILES string of the molecule is C[CH2][Zn]([CH2]C)[Zn]([CH2]C)[CH2]C. The van der Waals surface area contributed by atoms with E-state index >= 15 is 0 Å². The zero-order valence-electron chi connectivity index (χ0n) is 8.24. The number of rotatable bonds is 5. The van der Waals surface area contributed by atoms with Crippen LogP contribution in [-0.4, -0.2) is 0 Å². The minimum absolute atomic E-state index is 0.743. The van der Waals surface area contributed by atoms with Crippen LogP contribution in [0, 0.1) is 0 Å². The second kappa shape index (κ2) is 6.93. The summed E-state index contributed by atoms with van der Waals surface area (Å²) in [7, 11) is 0. The quantitative estimate of drug-likeness (QED) is 0.646. The van der Waals surface area contributed by atoms with Gasteiger partial charge in [-0.25, -0.2) is 0 Å². The van der Waals surface area contributed by atoms with Crippen molar-refractivity contribution in [1.82, 2.24) is 0 Å². The first-order chi connectivity index (χ1) is 4.79. The maximum absolute atomic E-state index is 2.46. The molecule has 0 saturated carbocycles. The van der Waals surface area contributed by atoms with Crippen molar-refractivity contribution in [2.24, 2.45) is 0 Å². The Balaban J connectivity index is 3.70. The Morgan fingerprint density at radius 1 is 0.600 bits per heavy atom. The predicted molar refractivity (Wildman–Crippen MR) is 41.9 cm³/mol. The van der Waals surface area contributed by atoms with E-state index in [1.807, 2.05) is 0 Å². The molecule has 0 nitrogen and oxygen atoms in total. The molecule has 0 saturated heterocycles. The van der Waals surface area contributed by atoms with Crippen LogP contribution in [0.3, 0.4) is 0 Å². The van der Waals surface area contributed by atoms with E-state index in [0.717, 1.165) is 0 Å². The Kier molecular flexibility index (Phi) is 7.79. The van der Waals surface area contributed by atoms with Crippen LogP contribution >= 0.6 is 0 Å². The minimum atomic E-state index is -0.743. The Bertz CT molecular complexity index is 55.7. The number of hydrogen-bond acceptors (Lipinski definition) is 0. The molecular formula is C8H20Zn2. The van der Waals surface area contributed by atoms with Gasteiger partial charge in [-0.1, -0.05) is 0 Å². The van der Waals surface area contributed by atoms with Crippen molar-refractivity contribution in [2.45, 2.75) is 47.8 Å². The molecule has 56 valence electrons. The fraction of sp³-hybridized carbons (Fsp3) is 1.00. The van der Waals surface area contributed by atoms with E-state index < -0.39 is 26.9 Å². The molecular weight excluding hydrogens is 227 g/mol. The molecule has 0 amide bonds. The predicted octanol–water partition coefficient (Wildman–Crippen LogP) is 3.89. The third kappa shape index (κ3) is 3.58. The molecule has 0 aromatic rings. The van der Waals surface area contributed by atoms with Crippen molar-refractivity contribution in [3.63, 3.8) is 0 Å². The van der Waals surface area contributed by atoms with E-state index in [2.05, 4.69) is 27.7 Å². The van der Waals surface area contributed by atoms with E-state index in [4.69, 9.17) is 0 Å². The van der Waals surface area contributed by atoms with Crippen LogP contribution < -0.4 is 0 Å². The molecule has 0 heterocycles. The molecule has 0 aliphatic heterocycles. The van der Waals surface area contributed by atoms with Crippen molar-refractivity contribution < 1.29 is 26.9 Å². The van der Waals surface area contributed by atoms with Crippen LogP contribution in [0.4, 0.5) is 0 Å². The molecule has 10 heavy (non-hydrogen) atoms. The Hall–Kier alpha value is 1.25.